The molecule has 0 aliphatic carbocycles. The lowest BCUT2D eigenvalue weighted by Crippen LogP contribution is -2.02. The molecule has 0 fully saturated rings. The predicted octanol–water partition coefficient (Wildman–Crippen LogP) is 1.75. The summed E-state index contributed by atoms with van der Waals surface area (Å²) < 4.78 is 0. The fourth-order valence-electron chi connectivity index (χ4n) is 1.93. The Morgan fingerprint density at radius 3 is 3.15 bits per heavy atom. The van der Waals surface area contributed by atoms with Crippen LogP contribution in [-0.2, 0) is 6.42 Å². The molecule has 0 aromatic heterocycles. The number of anilines is 1. The minimum absolute atomic E-state index is 0.233. The Balaban J connectivity index is 2.41. The molecule has 1 aliphatic heterocycles. The largest absolute Gasteiger partial charge is 0.396 e. The van der Waals surface area contributed by atoms with Gasteiger partial charge in [-0.25, -0.2) is 0 Å². The molecule has 0 saturated carbocycles. The monoisotopic (exact) mass is 177 g/mol. The maximum absolute atomic E-state index is 9.10. The molecule has 1 heterocycles. The zero-order chi connectivity index (χ0) is 9.26. The maximum atomic E-state index is 9.10. The van der Waals surface area contributed by atoms with Crippen LogP contribution in [0.25, 0.3) is 0 Å². The summed E-state index contributed by atoms with van der Waals surface area (Å²) in [6.07, 6.45) is 1.09. The van der Waals surface area contributed by atoms with Crippen LogP contribution in [-0.4, -0.2) is 18.3 Å². The Hall–Kier alpha value is -1.02. The van der Waals surface area contributed by atoms with Crippen LogP contribution in [0, 0.1) is 0 Å². The Morgan fingerprint density at radius 2 is 2.38 bits per heavy atom. The van der Waals surface area contributed by atoms with E-state index in [0.29, 0.717) is 0 Å². The van der Waals surface area contributed by atoms with Gasteiger partial charge in [-0.2, -0.15) is 0 Å². The average molecular weight is 177 g/mol. The van der Waals surface area contributed by atoms with E-state index in [1.165, 1.54) is 16.8 Å². The molecule has 2 N–H and O–H groups in total. The van der Waals surface area contributed by atoms with Crippen LogP contribution in [0.1, 0.15) is 24.0 Å². The normalized spacial score (nSPS) is 16.5. The molecule has 2 rings (SSSR count). The number of hydrogen-bond donors (Lipinski definition) is 2. The number of rotatable bonds is 2. The highest BCUT2D eigenvalue weighted by molar-refractivity contribution is 5.59. The van der Waals surface area contributed by atoms with Gasteiger partial charge < -0.3 is 10.4 Å². The van der Waals surface area contributed by atoms with Crippen LogP contribution < -0.4 is 5.32 Å². The van der Waals surface area contributed by atoms with Crippen molar-refractivity contribution >= 4 is 5.69 Å². The quantitative estimate of drug-likeness (QED) is 0.721. The third-order valence-corrected chi connectivity index (χ3v) is 2.71. The van der Waals surface area contributed by atoms with E-state index >= 15 is 0 Å². The van der Waals surface area contributed by atoms with Crippen molar-refractivity contribution < 1.29 is 5.11 Å². The van der Waals surface area contributed by atoms with Crippen molar-refractivity contribution in [1.29, 1.82) is 0 Å². The van der Waals surface area contributed by atoms with Gasteiger partial charge in [0.05, 0.1) is 0 Å². The summed E-state index contributed by atoms with van der Waals surface area (Å²) in [5.74, 6) is 0.259. The van der Waals surface area contributed by atoms with Crippen LogP contribution in [0.15, 0.2) is 18.2 Å². The molecule has 0 radical (unpaired) electrons. The van der Waals surface area contributed by atoms with Gasteiger partial charge in [-0.1, -0.05) is 19.1 Å². The SMILES string of the molecule is CC(CO)c1cccc2c1CCN2. The highest BCUT2D eigenvalue weighted by Crippen LogP contribution is 2.29. The molecule has 0 spiro atoms. The minimum atomic E-state index is 0.233. The summed E-state index contributed by atoms with van der Waals surface area (Å²) in [7, 11) is 0. The van der Waals surface area contributed by atoms with Gasteiger partial charge in [-0.3, -0.25) is 0 Å². The molecule has 2 heteroatoms. The summed E-state index contributed by atoms with van der Waals surface area (Å²) in [4.78, 5) is 0. The van der Waals surface area contributed by atoms with Gasteiger partial charge in [0.15, 0.2) is 0 Å². The van der Waals surface area contributed by atoms with Crippen LogP contribution in [0.3, 0.4) is 0 Å². The fraction of sp³-hybridized carbons (Fsp3) is 0.455. The van der Waals surface area contributed by atoms with Crippen molar-refractivity contribution in [2.24, 2.45) is 0 Å². The van der Waals surface area contributed by atoms with E-state index in [1.807, 2.05) is 0 Å². The number of nitrogens with one attached hydrogen (secondary N) is 1. The molecule has 13 heavy (non-hydrogen) atoms. The summed E-state index contributed by atoms with van der Waals surface area (Å²) in [5.41, 5.74) is 3.94. The second-order valence-electron chi connectivity index (χ2n) is 3.63. The molecule has 1 unspecified atom stereocenters. The lowest BCUT2D eigenvalue weighted by atomic mass is 9.95. The van der Waals surface area contributed by atoms with Crippen LogP contribution in [0.5, 0.6) is 0 Å². The average Bonchev–Trinajstić information content (AvgIpc) is 2.63. The molecule has 0 amide bonds. The Morgan fingerprint density at radius 1 is 1.54 bits per heavy atom. The number of fused-ring (bicyclic) bond motifs is 1. The first-order valence-electron chi connectivity index (χ1n) is 4.79. The number of aliphatic hydroxyl groups is 1. The van der Waals surface area contributed by atoms with Gasteiger partial charge in [0.1, 0.15) is 0 Å². The Labute approximate surface area is 78.6 Å². The van der Waals surface area contributed by atoms with E-state index in [-0.39, 0.29) is 12.5 Å². The minimum Gasteiger partial charge on any atom is -0.396 e. The van der Waals surface area contributed by atoms with Crippen molar-refractivity contribution in [1.82, 2.24) is 0 Å². The summed E-state index contributed by atoms with van der Waals surface area (Å²) in [5, 5.41) is 12.4. The van der Waals surface area contributed by atoms with Gasteiger partial charge >= 0.3 is 0 Å². The third kappa shape index (κ3) is 1.42. The standard InChI is InChI=1S/C11H15NO/c1-8(7-13)9-3-2-4-11-10(9)5-6-12-11/h2-4,8,12-13H,5-7H2,1H3. The van der Waals surface area contributed by atoms with Crippen LogP contribution >= 0.6 is 0 Å². The second-order valence-corrected chi connectivity index (χ2v) is 3.63. The highest BCUT2D eigenvalue weighted by atomic mass is 16.3. The second kappa shape index (κ2) is 3.38. The van der Waals surface area contributed by atoms with Gasteiger partial charge in [0.2, 0.25) is 0 Å². The van der Waals surface area contributed by atoms with E-state index in [1.54, 1.807) is 0 Å². The van der Waals surface area contributed by atoms with Gasteiger partial charge in [0.25, 0.3) is 0 Å². The molecule has 1 aromatic carbocycles. The first-order chi connectivity index (χ1) is 6.33. The first-order valence-corrected chi connectivity index (χ1v) is 4.79. The van der Waals surface area contributed by atoms with E-state index in [2.05, 4.69) is 30.4 Å². The van der Waals surface area contributed by atoms with Crippen molar-refractivity contribution in [3.63, 3.8) is 0 Å². The van der Waals surface area contributed by atoms with Gasteiger partial charge in [-0.15, -0.1) is 0 Å². The molecular weight excluding hydrogens is 162 g/mol. The van der Waals surface area contributed by atoms with Gasteiger partial charge in [-0.05, 0) is 23.6 Å². The molecular formula is C11H15NO. The van der Waals surface area contributed by atoms with Crippen LogP contribution in [0.4, 0.5) is 5.69 Å². The maximum Gasteiger partial charge on any atom is 0.0497 e. The Bertz CT molecular complexity index is 309. The van der Waals surface area contributed by atoms with E-state index in [9.17, 15) is 0 Å². The molecule has 2 nitrogen and oxygen atoms in total. The third-order valence-electron chi connectivity index (χ3n) is 2.71. The van der Waals surface area contributed by atoms with E-state index < -0.39 is 0 Å². The smallest absolute Gasteiger partial charge is 0.0497 e. The van der Waals surface area contributed by atoms with E-state index in [0.717, 1.165) is 13.0 Å². The number of benzene rings is 1. The summed E-state index contributed by atoms with van der Waals surface area (Å²) in [6, 6.07) is 6.28. The van der Waals surface area contributed by atoms with Crippen LogP contribution in [0.2, 0.25) is 0 Å². The first kappa shape index (κ1) is 8.57. The number of aliphatic hydroxyl groups excluding tert-OH is 1. The lowest BCUT2D eigenvalue weighted by Gasteiger charge is -2.12. The summed E-state index contributed by atoms with van der Waals surface area (Å²) >= 11 is 0. The molecule has 0 saturated heterocycles. The Kier molecular flexibility index (Phi) is 2.23. The molecule has 1 aromatic rings. The summed E-state index contributed by atoms with van der Waals surface area (Å²) in [6.45, 7) is 3.33. The molecule has 70 valence electrons. The molecule has 1 atom stereocenters. The van der Waals surface area contributed by atoms with Crippen molar-refractivity contribution in [2.45, 2.75) is 19.3 Å². The fourth-order valence-corrected chi connectivity index (χ4v) is 1.93. The molecule has 1 aliphatic rings. The zero-order valence-corrected chi connectivity index (χ0v) is 7.88. The topological polar surface area (TPSA) is 32.3 Å². The van der Waals surface area contributed by atoms with Crippen molar-refractivity contribution in [3.05, 3.63) is 29.3 Å². The van der Waals surface area contributed by atoms with Crippen molar-refractivity contribution in [2.75, 3.05) is 18.5 Å². The molecule has 0 bridgehead atoms. The van der Waals surface area contributed by atoms with Crippen molar-refractivity contribution in [3.8, 4) is 0 Å². The zero-order valence-electron chi connectivity index (χ0n) is 7.88. The highest BCUT2D eigenvalue weighted by Gasteiger charge is 2.16. The number of hydrogen-bond acceptors (Lipinski definition) is 2. The predicted molar refractivity (Wildman–Crippen MR) is 54.1 cm³/mol. The van der Waals surface area contributed by atoms with E-state index in [4.69, 9.17) is 5.11 Å². The lowest BCUT2D eigenvalue weighted by molar-refractivity contribution is 0.272. The van der Waals surface area contributed by atoms with Gasteiger partial charge in [0, 0.05) is 24.8 Å².